The van der Waals surface area contributed by atoms with Crippen LogP contribution in [-0.2, 0) is 12.8 Å². The molecule has 1 N–H and O–H groups in total. The summed E-state index contributed by atoms with van der Waals surface area (Å²) in [6.45, 7) is 2.34. The van der Waals surface area contributed by atoms with Crippen molar-refractivity contribution in [2.75, 3.05) is 7.11 Å². The van der Waals surface area contributed by atoms with E-state index in [-0.39, 0.29) is 0 Å². The molecule has 1 aromatic rings. The minimum absolute atomic E-state index is 0.658. The second kappa shape index (κ2) is 6.83. The summed E-state index contributed by atoms with van der Waals surface area (Å²) in [4.78, 5) is 0. The highest BCUT2D eigenvalue weighted by Gasteiger charge is 2.25. The lowest BCUT2D eigenvalue weighted by atomic mass is 9.82. The van der Waals surface area contributed by atoms with Gasteiger partial charge in [0.2, 0.25) is 0 Å². The Morgan fingerprint density at radius 1 is 1.14 bits per heavy atom. The van der Waals surface area contributed by atoms with Crippen LogP contribution in [0.25, 0.3) is 0 Å². The molecule has 0 aromatic heterocycles. The van der Waals surface area contributed by atoms with Crippen molar-refractivity contribution in [1.82, 2.24) is 5.32 Å². The zero-order chi connectivity index (χ0) is 14.7. The third kappa shape index (κ3) is 3.60. The SMILES string of the molecule is CCC1CCCC(NC2CCc3ccc(OC)cc3C2)C1. The average Bonchev–Trinajstić information content (AvgIpc) is 2.54. The molecule has 3 rings (SSSR count). The van der Waals surface area contributed by atoms with Crippen molar-refractivity contribution in [3.05, 3.63) is 29.3 Å². The highest BCUT2D eigenvalue weighted by atomic mass is 16.5. The summed E-state index contributed by atoms with van der Waals surface area (Å²) in [6, 6.07) is 7.99. The Kier molecular flexibility index (Phi) is 4.84. The van der Waals surface area contributed by atoms with E-state index < -0.39 is 0 Å². The highest BCUT2D eigenvalue weighted by Crippen LogP contribution is 2.29. The van der Waals surface area contributed by atoms with E-state index >= 15 is 0 Å². The lowest BCUT2D eigenvalue weighted by Crippen LogP contribution is -2.43. The third-order valence-electron chi connectivity index (χ3n) is 5.47. The van der Waals surface area contributed by atoms with Gasteiger partial charge in [0.1, 0.15) is 5.75 Å². The molecule has 0 aliphatic heterocycles. The smallest absolute Gasteiger partial charge is 0.119 e. The Hall–Kier alpha value is -1.02. The molecule has 0 heterocycles. The molecule has 0 amide bonds. The van der Waals surface area contributed by atoms with Crippen LogP contribution in [0.5, 0.6) is 5.75 Å². The molecular weight excluding hydrogens is 258 g/mol. The number of benzene rings is 1. The Labute approximate surface area is 129 Å². The van der Waals surface area contributed by atoms with Crippen LogP contribution in [0, 0.1) is 5.92 Å². The van der Waals surface area contributed by atoms with Crippen LogP contribution in [0.3, 0.4) is 0 Å². The van der Waals surface area contributed by atoms with Crippen molar-refractivity contribution in [3.8, 4) is 5.75 Å². The molecule has 2 nitrogen and oxygen atoms in total. The predicted molar refractivity (Wildman–Crippen MR) is 88.0 cm³/mol. The topological polar surface area (TPSA) is 21.3 Å². The van der Waals surface area contributed by atoms with E-state index in [1.165, 1.54) is 62.5 Å². The first-order chi connectivity index (χ1) is 10.3. The maximum atomic E-state index is 5.37. The molecule has 0 saturated heterocycles. The van der Waals surface area contributed by atoms with E-state index in [0.717, 1.165) is 17.7 Å². The molecule has 1 fully saturated rings. The average molecular weight is 287 g/mol. The number of hydrogen-bond acceptors (Lipinski definition) is 2. The predicted octanol–water partition coefficient (Wildman–Crippen LogP) is 4.11. The zero-order valence-corrected chi connectivity index (χ0v) is 13.5. The van der Waals surface area contributed by atoms with Gasteiger partial charge in [0, 0.05) is 12.1 Å². The van der Waals surface area contributed by atoms with Gasteiger partial charge in [-0.3, -0.25) is 0 Å². The van der Waals surface area contributed by atoms with Crippen LogP contribution < -0.4 is 10.1 Å². The van der Waals surface area contributed by atoms with Gasteiger partial charge in [-0.2, -0.15) is 0 Å². The van der Waals surface area contributed by atoms with Gasteiger partial charge in [-0.15, -0.1) is 0 Å². The highest BCUT2D eigenvalue weighted by molar-refractivity contribution is 5.37. The Morgan fingerprint density at radius 3 is 2.86 bits per heavy atom. The maximum Gasteiger partial charge on any atom is 0.119 e. The molecule has 0 bridgehead atoms. The molecule has 1 aromatic carbocycles. The summed E-state index contributed by atoms with van der Waals surface area (Å²) in [5.74, 6) is 1.95. The Bertz CT molecular complexity index is 471. The van der Waals surface area contributed by atoms with Gasteiger partial charge >= 0.3 is 0 Å². The van der Waals surface area contributed by atoms with Crippen molar-refractivity contribution < 1.29 is 4.74 Å². The fourth-order valence-corrected chi connectivity index (χ4v) is 4.15. The van der Waals surface area contributed by atoms with Crippen LogP contribution in [0.15, 0.2) is 18.2 Å². The summed E-state index contributed by atoms with van der Waals surface area (Å²) in [6.07, 6.45) is 10.6. The van der Waals surface area contributed by atoms with Gasteiger partial charge in [-0.1, -0.05) is 32.3 Å². The minimum Gasteiger partial charge on any atom is -0.497 e. The molecule has 1 saturated carbocycles. The molecule has 2 aliphatic carbocycles. The summed E-state index contributed by atoms with van der Waals surface area (Å²) in [5.41, 5.74) is 3.00. The molecule has 3 atom stereocenters. The van der Waals surface area contributed by atoms with E-state index in [1.807, 2.05) is 0 Å². The zero-order valence-electron chi connectivity index (χ0n) is 13.5. The second-order valence-corrected chi connectivity index (χ2v) is 6.88. The van der Waals surface area contributed by atoms with E-state index in [0.29, 0.717) is 6.04 Å². The van der Waals surface area contributed by atoms with Crippen molar-refractivity contribution in [1.29, 1.82) is 0 Å². The summed E-state index contributed by atoms with van der Waals surface area (Å²) in [5, 5.41) is 3.96. The molecule has 0 radical (unpaired) electrons. The van der Waals surface area contributed by atoms with E-state index in [2.05, 4.69) is 30.4 Å². The first-order valence-electron chi connectivity index (χ1n) is 8.70. The van der Waals surface area contributed by atoms with Crippen LogP contribution in [0.1, 0.15) is 56.6 Å². The van der Waals surface area contributed by atoms with Crippen LogP contribution >= 0.6 is 0 Å². The van der Waals surface area contributed by atoms with Gasteiger partial charge in [-0.05, 0) is 61.3 Å². The lowest BCUT2D eigenvalue weighted by Gasteiger charge is -2.34. The van der Waals surface area contributed by atoms with Gasteiger partial charge in [0.15, 0.2) is 0 Å². The fraction of sp³-hybridized carbons (Fsp3) is 0.684. The summed E-state index contributed by atoms with van der Waals surface area (Å²) < 4.78 is 5.37. The third-order valence-corrected chi connectivity index (χ3v) is 5.47. The van der Waals surface area contributed by atoms with Gasteiger partial charge < -0.3 is 10.1 Å². The Balaban J connectivity index is 1.60. The van der Waals surface area contributed by atoms with Crippen molar-refractivity contribution >= 4 is 0 Å². The summed E-state index contributed by atoms with van der Waals surface area (Å²) >= 11 is 0. The number of rotatable bonds is 4. The van der Waals surface area contributed by atoms with E-state index in [9.17, 15) is 0 Å². The fourth-order valence-electron chi connectivity index (χ4n) is 4.15. The molecule has 2 heteroatoms. The normalized spacial score (nSPS) is 29.0. The number of hydrogen-bond donors (Lipinski definition) is 1. The number of nitrogens with one attached hydrogen (secondary N) is 1. The number of aryl methyl sites for hydroxylation is 1. The molecular formula is C19H29NO. The standard InChI is InChI=1S/C19H29NO/c1-3-14-5-4-6-17(11-14)20-18-9-7-15-8-10-19(21-2)13-16(15)12-18/h8,10,13-14,17-18,20H,3-7,9,11-12H2,1-2H3. The van der Waals surface area contributed by atoms with Crippen LogP contribution in [0.4, 0.5) is 0 Å². The van der Waals surface area contributed by atoms with E-state index in [1.54, 1.807) is 7.11 Å². The van der Waals surface area contributed by atoms with E-state index in [4.69, 9.17) is 4.74 Å². The van der Waals surface area contributed by atoms with Crippen molar-refractivity contribution in [3.63, 3.8) is 0 Å². The minimum atomic E-state index is 0.658. The number of fused-ring (bicyclic) bond motifs is 1. The number of ether oxygens (including phenoxy) is 1. The maximum absolute atomic E-state index is 5.37. The molecule has 2 aliphatic rings. The molecule has 116 valence electrons. The second-order valence-electron chi connectivity index (χ2n) is 6.88. The van der Waals surface area contributed by atoms with Crippen LogP contribution in [0.2, 0.25) is 0 Å². The molecule has 21 heavy (non-hydrogen) atoms. The Morgan fingerprint density at radius 2 is 2.05 bits per heavy atom. The monoisotopic (exact) mass is 287 g/mol. The van der Waals surface area contributed by atoms with Gasteiger partial charge in [0.05, 0.1) is 7.11 Å². The lowest BCUT2D eigenvalue weighted by molar-refractivity contribution is 0.254. The van der Waals surface area contributed by atoms with Gasteiger partial charge in [-0.25, -0.2) is 0 Å². The number of methoxy groups -OCH3 is 1. The summed E-state index contributed by atoms with van der Waals surface area (Å²) in [7, 11) is 1.76. The first-order valence-corrected chi connectivity index (χ1v) is 8.70. The van der Waals surface area contributed by atoms with Crippen molar-refractivity contribution in [2.24, 2.45) is 5.92 Å². The van der Waals surface area contributed by atoms with Crippen molar-refractivity contribution in [2.45, 2.75) is 70.4 Å². The van der Waals surface area contributed by atoms with Crippen LogP contribution in [-0.4, -0.2) is 19.2 Å². The van der Waals surface area contributed by atoms with Gasteiger partial charge in [0.25, 0.3) is 0 Å². The quantitative estimate of drug-likeness (QED) is 0.900. The molecule has 0 spiro atoms. The molecule has 3 unspecified atom stereocenters. The first kappa shape index (κ1) is 14.9. The largest absolute Gasteiger partial charge is 0.497 e.